The number of nitrogens with two attached hydrogens (primary N) is 1. The maximum absolute atomic E-state index is 13.5. The normalized spacial score (nSPS) is 18.2. The number of aromatic nitrogens is 1. The number of carbonyl (C=O) groups is 1. The van der Waals surface area contributed by atoms with Crippen LogP contribution in [0.1, 0.15) is 39.4 Å². The summed E-state index contributed by atoms with van der Waals surface area (Å²) in [5.74, 6) is -6.28. The molecule has 0 spiro atoms. The Bertz CT molecular complexity index is 966. The van der Waals surface area contributed by atoms with E-state index in [1.54, 1.807) is 6.92 Å². The van der Waals surface area contributed by atoms with Crippen molar-refractivity contribution >= 4 is 11.8 Å². The zero-order chi connectivity index (χ0) is 18.7. The Hall–Kier alpha value is -2.90. The molecule has 1 saturated carbocycles. The highest BCUT2D eigenvalue weighted by Crippen LogP contribution is 2.55. The van der Waals surface area contributed by atoms with Gasteiger partial charge in [-0.2, -0.15) is 0 Å². The lowest BCUT2D eigenvalue weighted by atomic mass is 10.0. The number of nitrogen functional groups attached to an aromatic ring is 1. The third-order valence-corrected chi connectivity index (χ3v) is 4.53. The van der Waals surface area contributed by atoms with E-state index in [1.165, 1.54) is 19.1 Å². The SMILES string of the molecule is Cc1ccc(O)c(C)c1-n1c(N)c(C(=O)O)cc(C2CC2(F)F)c1=O. The molecule has 0 saturated heterocycles. The smallest absolute Gasteiger partial charge is 0.339 e. The van der Waals surface area contributed by atoms with Gasteiger partial charge in [-0.15, -0.1) is 0 Å². The summed E-state index contributed by atoms with van der Waals surface area (Å²) in [6, 6.07) is 3.88. The van der Waals surface area contributed by atoms with Gasteiger partial charge in [0.1, 0.15) is 17.1 Å². The Morgan fingerprint density at radius 1 is 1.36 bits per heavy atom. The lowest BCUT2D eigenvalue weighted by molar-refractivity contribution is 0.0696. The number of rotatable bonds is 3. The van der Waals surface area contributed by atoms with E-state index in [9.17, 15) is 28.6 Å². The molecule has 1 heterocycles. The van der Waals surface area contributed by atoms with E-state index in [2.05, 4.69) is 0 Å². The predicted octanol–water partition coefficient (Wildman–Crippen LogP) is 2.56. The van der Waals surface area contributed by atoms with Crippen LogP contribution in [0.5, 0.6) is 5.75 Å². The van der Waals surface area contributed by atoms with Crippen LogP contribution < -0.4 is 11.3 Å². The van der Waals surface area contributed by atoms with E-state index in [0.29, 0.717) is 11.1 Å². The average molecular weight is 350 g/mol. The molecule has 132 valence electrons. The number of halogens is 2. The zero-order valence-corrected chi connectivity index (χ0v) is 13.5. The minimum Gasteiger partial charge on any atom is -0.508 e. The van der Waals surface area contributed by atoms with Gasteiger partial charge in [0.05, 0.1) is 11.6 Å². The minimum atomic E-state index is -3.04. The minimum absolute atomic E-state index is 0.120. The van der Waals surface area contributed by atoms with Crippen LogP contribution in [0.3, 0.4) is 0 Å². The molecular weight excluding hydrogens is 334 g/mol. The van der Waals surface area contributed by atoms with Gasteiger partial charge in [-0.3, -0.25) is 9.36 Å². The topological polar surface area (TPSA) is 106 Å². The number of aromatic carboxylic acids is 1. The number of aromatic hydroxyl groups is 1. The molecule has 0 radical (unpaired) electrons. The molecule has 1 aliphatic carbocycles. The number of hydrogen-bond acceptors (Lipinski definition) is 4. The summed E-state index contributed by atoms with van der Waals surface area (Å²) in [5.41, 5.74) is 5.38. The fourth-order valence-electron chi connectivity index (χ4n) is 3.01. The maximum Gasteiger partial charge on any atom is 0.339 e. The fourth-order valence-corrected chi connectivity index (χ4v) is 3.01. The van der Waals surface area contributed by atoms with Gasteiger partial charge >= 0.3 is 5.97 Å². The summed E-state index contributed by atoms with van der Waals surface area (Å²) in [6.45, 7) is 3.18. The molecule has 1 aliphatic rings. The molecule has 1 unspecified atom stereocenters. The molecule has 6 nitrogen and oxygen atoms in total. The molecule has 0 aliphatic heterocycles. The van der Waals surface area contributed by atoms with Crippen molar-refractivity contribution < 1.29 is 23.8 Å². The summed E-state index contributed by atoms with van der Waals surface area (Å²) in [6.07, 6.45) is -0.511. The third-order valence-electron chi connectivity index (χ3n) is 4.53. The van der Waals surface area contributed by atoms with E-state index in [0.717, 1.165) is 10.6 Å². The van der Waals surface area contributed by atoms with E-state index in [-0.39, 0.29) is 22.8 Å². The Morgan fingerprint density at radius 2 is 1.96 bits per heavy atom. The molecule has 1 atom stereocenters. The van der Waals surface area contributed by atoms with Gasteiger partial charge in [0.2, 0.25) is 0 Å². The second kappa shape index (κ2) is 5.30. The highest BCUT2D eigenvalue weighted by molar-refractivity contribution is 5.93. The van der Waals surface area contributed by atoms with Crippen LogP contribution in [0, 0.1) is 13.8 Å². The monoisotopic (exact) mass is 350 g/mol. The molecule has 1 aromatic carbocycles. The molecule has 4 N–H and O–H groups in total. The van der Waals surface area contributed by atoms with Gasteiger partial charge in [0.25, 0.3) is 11.5 Å². The van der Waals surface area contributed by atoms with Crippen molar-refractivity contribution in [3.05, 3.63) is 50.8 Å². The second-order valence-corrected chi connectivity index (χ2v) is 6.24. The van der Waals surface area contributed by atoms with Gasteiger partial charge < -0.3 is 15.9 Å². The van der Waals surface area contributed by atoms with Crippen molar-refractivity contribution in [2.75, 3.05) is 5.73 Å². The number of pyridine rings is 1. The highest BCUT2D eigenvalue weighted by Gasteiger charge is 2.59. The van der Waals surface area contributed by atoms with E-state index in [1.807, 2.05) is 0 Å². The lowest BCUT2D eigenvalue weighted by Crippen LogP contribution is -2.28. The molecule has 1 aromatic heterocycles. The van der Waals surface area contributed by atoms with Crippen molar-refractivity contribution in [1.29, 1.82) is 0 Å². The first kappa shape index (κ1) is 16.9. The number of phenolic OH excluding ortho intramolecular Hbond substituents is 1. The van der Waals surface area contributed by atoms with Crippen LogP contribution in [0.4, 0.5) is 14.6 Å². The zero-order valence-electron chi connectivity index (χ0n) is 13.5. The quantitative estimate of drug-likeness (QED) is 0.789. The first-order valence-corrected chi connectivity index (χ1v) is 7.52. The van der Waals surface area contributed by atoms with Crippen molar-refractivity contribution in [2.45, 2.75) is 32.1 Å². The fraction of sp³-hybridized carbons (Fsp3) is 0.294. The second-order valence-electron chi connectivity index (χ2n) is 6.24. The largest absolute Gasteiger partial charge is 0.508 e. The number of hydrogen-bond donors (Lipinski definition) is 3. The Kier molecular flexibility index (Phi) is 3.59. The van der Waals surface area contributed by atoms with E-state index in [4.69, 9.17) is 5.73 Å². The van der Waals surface area contributed by atoms with Crippen LogP contribution in [-0.2, 0) is 0 Å². The van der Waals surface area contributed by atoms with Crippen LogP contribution >= 0.6 is 0 Å². The summed E-state index contributed by atoms with van der Waals surface area (Å²) in [4.78, 5) is 24.3. The summed E-state index contributed by atoms with van der Waals surface area (Å²) in [7, 11) is 0. The van der Waals surface area contributed by atoms with Crippen LogP contribution in [-0.4, -0.2) is 26.7 Å². The molecule has 3 rings (SSSR count). The Labute approximate surface area is 141 Å². The molecule has 2 aromatic rings. The van der Waals surface area contributed by atoms with Gasteiger partial charge in [-0.05, 0) is 31.5 Å². The third kappa shape index (κ3) is 2.54. The molecule has 25 heavy (non-hydrogen) atoms. The molecule has 1 fully saturated rings. The van der Waals surface area contributed by atoms with Gasteiger partial charge in [-0.25, -0.2) is 13.6 Å². The standard InChI is InChI=1S/C17H16F2N2O4/c1-7-3-4-12(22)8(2)13(7)21-14(20)10(16(24)25)5-9(15(21)23)11-6-17(11,18)19/h3-5,11,22H,6,20H2,1-2H3,(H,24,25). The number of anilines is 1. The highest BCUT2D eigenvalue weighted by atomic mass is 19.3. The number of carboxylic acid groups (broad SMARTS) is 1. The van der Waals surface area contributed by atoms with E-state index >= 15 is 0 Å². The van der Waals surface area contributed by atoms with Crippen LogP contribution in [0.2, 0.25) is 0 Å². The van der Waals surface area contributed by atoms with Crippen LogP contribution in [0.25, 0.3) is 5.69 Å². The first-order valence-electron chi connectivity index (χ1n) is 7.52. The van der Waals surface area contributed by atoms with Gasteiger partial charge in [0, 0.05) is 17.5 Å². The number of carboxylic acids is 1. The maximum atomic E-state index is 13.5. The molecule has 0 amide bonds. The average Bonchev–Trinajstić information content (AvgIpc) is 3.14. The molecule has 8 heteroatoms. The summed E-state index contributed by atoms with van der Waals surface area (Å²) >= 11 is 0. The number of alkyl halides is 2. The van der Waals surface area contributed by atoms with Crippen molar-refractivity contribution in [3.8, 4) is 11.4 Å². The Morgan fingerprint density at radius 3 is 2.48 bits per heavy atom. The van der Waals surface area contributed by atoms with E-state index < -0.39 is 35.4 Å². The predicted molar refractivity (Wildman–Crippen MR) is 86.9 cm³/mol. The number of aryl methyl sites for hydroxylation is 1. The number of benzene rings is 1. The summed E-state index contributed by atoms with van der Waals surface area (Å²) in [5, 5.41) is 19.3. The van der Waals surface area contributed by atoms with Gasteiger partial charge in [0.15, 0.2) is 0 Å². The Balaban J connectivity index is 2.40. The molecular formula is C17H16F2N2O4. The lowest BCUT2D eigenvalue weighted by Gasteiger charge is -2.19. The number of phenols is 1. The molecule has 0 bridgehead atoms. The van der Waals surface area contributed by atoms with Gasteiger partial charge in [-0.1, -0.05) is 6.07 Å². The van der Waals surface area contributed by atoms with Crippen LogP contribution in [0.15, 0.2) is 23.0 Å². The summed E-state index contributed by atoms with van der Waals surface area (Å²) < 4.78 is 27.9. The van der Waals surface area contributed by atoms with Crippen molar-refractivity contribution in [2.24, 2.45) is 0 Å². The van der Waals surface area contributed by atoms with Crippen molar-refractivity contribution in [1.82, 2.24) is 4.57 Å². The first-order chi connectivity index (χ1) is 11.6. The van der Waals surface area contributed by atoms with Crippen molar-refractivity contribution in [3.63, 3.8) is 0 Å². The number of nitrogens with zero attached hydrogens (tertiary/aromatic N) is 1.